The molecule has 3 aromatic rings. The lowest BCUT2D eigenvalue weighted by atomic mass is 10.0. The topological polar surface area (TPSA) is 89.0 Å². The number of ketones is 1. The molecule has 0 bridgehead atoms. The predicted molar refractivity (Wildman–Crippen MR) is 117 cm³/mol. The van der Waals surface area contributed by atoms with E-state index in [2.05, 4.69) is 25.9 Å². The predicted octanol–water partition coefficient (Wildman–Crippen LogP) is 6.06. The molecule has 1 heterocycles. The molecule has 0 fully saturated rings. The first-order valence-corrected chi connectivity index (χ1v) is 11.8. The minimum Gasteiger partial charge on any atom is -0.292 e. The molecule has 174 valence electrons. The van der Waals surface area contributed by atoms with Crippen molar-refractivity contribution in [1.29, 1.82) is 0 Å². The van der Waals surface area contributed by atoms with Gasteiger partial charge in [0.25, 0.3) is 10.0 Å². The Morgan fingerprint density at radius 1 is 1.09 bits per heavy atom. The normalized spacial score (nSPS) is 12.9. The fourth-order valence-corrected chi connectivity index (χ4v) is 5.24. The highest BCUT2D eigenvalue weighted by atomic mass is 79.9. The summed E-state index contributed by atoms with van der Waals surface area (Å²) in [6, 6.07) is 6.92. The molecular formula is C19H10BrCl2F4N3O3S. The number of Topliss-reactive ketones (excluding diaryl/α,β-unsaturated/α-hetero) is 1. The van der Waals surface area contributed by atoms with Crippen molar-refractivity contribution >= 4 is 60.6 Å². The van der Waals surface area contributed by atoms with Crippen LogP contribution >= 0.6 is 39.1 Å². The molecule has 0 saturated heterocycles. The second-order valence-corrected chi connectivity index (χ2v) is 9.64. The zero-order valence-electron chi connectivity index (χ0n) is 15.9. The quantitative estimate of drug-likeness (QED) is 0.164. The van der Waals surface area contributed by atoms with Gasteiger partial charge in [-0.2, -0.15) is 13.2 Å². The number of benzene rings is 2. The number of carbonyl (C=O) groups is 1. The maximum absolute atomic E-state index is 15.1. The number of nitrogens with one attached hydrogen (secondary N) is 1. The Morgan fingerprint density at radius 3 is 2.39 bits per heavy atom. The number of anilines is 1. The Kier molecular flexibility index (Phi) is 7.32. The highest BCUT2D eigenvalue weighted by Gasteiger charge is 2.39. The lowest BCUT2D eigenvalue weighted by molar-refractivity contribution is -0.139. The van der Waals surface area contributed by atoms with Crippen LogP contribution < -0.4 is 4.72 Å². The smallest absolute Gasteiger partial charge is 0.292 e. The number of aromatic nitrogens is 2. The fourth-order valence-electron chi connectivity index (χ4n) is 2.76. The van der Waals surface area contributed by atoms with E-state index >= 15 is 4.39 Å². The lowest BCUT2D eigenvalue weighted by Crippen LogP contribution is -2.21. The van der Waals surface area contributed by atoms with E-state index in [-0.39, 0.29) is 11.0 Å². The first kappa shape index (κ1) is 25.3. The van der Waals surface area contributed by atoms with Crippen LogP contribution in [0.2, 0.25) is 10.3 Å². The summed E-state index contributed by atoms with van der Waals surface area (Å²) >= 11 is 14.5. The van der Waals surface area contributed by atoms with Crippen LogP contribution in [0.25, 0.3) is 0 Å². The summed E-state index contributed by atoms with van der Waals surface area (Å²) in [6.45, 7) is 0. The van der Waals surface area contributed by atoms with Gasteiger partial charge in [-0.15, -0.1) is 0 Å². The van der Waals surface area contributed by atoms with Gasteiger partial charge >= 0.3 is 6.18 Å². The van der Waals surface area contributed by atoms with Gasteiger partial charge in [-0.05, 0) is 41.9 Å². The molecule has 0 spiro atoms. The van der Waals surface area contributed by atoms with Gasteiger partial charge in [0.1, 0.15) is 9.72 Å². The van der Waals surface area contributed by atoms with Crippen LogP contribution in [0, 0.1) is 5.82 Å². The van der Waals surface area contributed by atoms with E-state index in [9.17, 15) is 26.4 Å². The second kappa shape index (κ2) is 9.53. The van der Waals surface area contributed by atoms with Crippen molar-refractivity contribution in [2.24, 2.45) is 0 Å². The molecule has 0 aliphatic rings. The van der Waals surface area contributed by atoms with Crippen molar-refractivity contribution in [2.75, 3.05) is 4.72 Å². The van der Waals surface area contributed by atoms with Crippen LogP contribution in [-0.4, -0.2) is 24.2 Å². The van der Waals surface area contributed by atoms with Crippen LogP contribution in [0.1, 0.15) is 26.4 Å². The zero-order valence-corrected chi connectivity index (χ0v) is 19.8. The van der Waals surface area contributed by atoms with Crippen molar-refractivity contribution in [3.05, 3.63) is 81.6 Å². The van der Waals surface area contributed by atoms with Gasteiger partial charge in [0.05, 0.1) is 27.5 Å². The van der Waals surface area contributed by atoms with E-state index in [0.717, 1.165) is 30.3 Å². The molecule has 1 aromatic heterocycles. The standard InChI is InChI=1S/C19H10BrCl2F4N3O3S/c20-14(12-7-8-27-18(22)28-12)16(30)9-3-1-6-13(15(9)23)29-33(31,32)17-10(19(24,25)26)4-2-5-11(17)21/h1-8,14,29H. The van der Waals surface area contributed by atoms with Gasteiger partial charge in [0.2, 0.25) is 5.28 Å². The third kappa shape index (κ3) is 5.45. The average Bonchev–Trinajstić information content (AvgIpc) is 2.73. The Labute approximate surface area is 203 Å². The summed E-state index contributed by atoms with van der Waals surface area (Å²) in [6.07, 6.45) is -3.78. The molecule has 0 aliphatic carbocycles. The van der Waals surface area contributed by atoms with Crippen molar-refractivity contribution in [2.45, 2.75) is 15.9 Å². The third-order valence-electron chi connectivity index (χ3n) is 4.19. The molecule has 33 heavy (non-hydrogen) atoms. The molecule has 2 aromatic carbocycles. The molecule has 3 rings (SSSR count). The van der Waals surface area contributed by atoms with E-state index in [1.807, 2.05) is 0 Å². The largest absolute Gasteiger partial charge is 0.417 e. The van der Waals surface area contributed by atoms with Crippen LogP contribution in [0.15, 0.2) is 53.6 Å². The van der Waals surface area contributed by atoms with Gasteiger partial charge in [-0.3, -0.25) is 9.52 Å². The van der Waals surface area contributed by atoms with E-state index in [1.54, 1.807) is 4.72 Å². The molecule has 6 nitrogen and oxygen atoms in total. The number of hydrogen-bond donors (Lipinski definition) is 1. The van der Waals surface area contributed by atoms with Gasteiger partial charge < -0.3 is 0 Å². The molecule has 1 N–H and O–H groups in total. The van der Waals surface area contributed by atoms with E-state index < -0.39 is 59.4 Å². The summed E-state index contributed by atoms with van der Waals surface area (Å²) < 4.78 is 82.3. The number of hydrogen-bond acceptors (Lipinski definition) is 5. The van der Waals surface area contributed by atoms with Crippen LogP contribution in [-0.2, 0) is 16.2 Å². The van der Waals surface area contributed by atoms with Crippen LogP contribution in [0.5, 0.6) is 0 Å². The van der Waals surface area contributed by atoms with Gasteiger partial charge in [0, 0.05) is 6.20 Å². The minimum atomic E-state index is -5.05. The molecular weight excluding hydrogens is 577 g/mol. The highest BCUT2D eigenvalue weighted by Crippen LogP contribution is 2.38. The van der Waals surface area contributed by atoms with E-state index in [4.69, 9.17) is 23.2 Å². The number of sulfonamides is 1. The SMILES string of the molecule is O=C(c1cccc(NS(=O)(=O)c2c(Cl)cccc2C(F)(F)F)c1F)C(Br)c1ccnc(Cl)n1. The maximum atomic E-state index is 15.1. The summed E-state index contributed by atoms with van der Waals surface area (Å²) in [5, 5.41) is -0.877. The van der Waals surface area contributed by atoms with E-state index in [0.29, 0.717) is 6.07 Å². The van der Waals surface area contributed by atoms with Crippen molar-refractivity contribution < 1.29 is 30.8 Å². The fraction of sp³-hybridized carbons (Fsp3) is 0.105. The Balaban J connectivity index is 2.01. The average molecular weight is 587 g/mol. The number of nitrogens with zero attached hydrogens (tertiary/aromatic N) is 2. The molecule has 0 radical (unpaired) electrons. The molecule has 0 aliphatic heterocycles. The third-order valence-corrected chi connectivity index (χ3v) is 7.15. The second-order valence-electron chi connectivity index (χ2n) is 6.36. The summed E-state index contributed by atoms with van der Waals surface area (Å²) in [7, 11) is -5.00. The van der Waals surface area contributed by atoms with Crippen molar-refractivity contribution in [3.63, 3.8) is 0 Å². The first-order valence-electron chi connectivity index (χ1n) is 8.66. The lowest BCUT2D eigenvalue weighted by Gasteiger charge is -2.17. The Bertz CT molecular complexity index is 1340. The maximum Gasteiger partial charge on any atom is 0.417 e. The van der Waals surface area contributed by atoms with E-state index in [1.165, 1.54) is 12.3 Å². The van der Waals surface area contributed by atoms with Gasteiger partial charge in [0.15, 0.2) is 11.6 Å². The Morgan fingerprint density at radius 2 is 1.76 bits per heavy atom. The molecule has 1 atom stereocenters. The number of alkyl halides is 4. The molecule has 14 heteroatoms. The summed E-state index contributed by atoms with van der Waals surface area (Å²) in [5.41, 5.74) is -2.73. The molecule has 0 amide bonds. The van der Waals surface area contributed by atoms with Gasteiger partial charge in [-0.25, -0.2) is 22.8 Å². The number of rotatable bonds is 6. The summed E-state index contributed by atoms with van der Waals surface area (Å²) in [5.74, 6) is -2.16. The number of halogens is 7. The molecule has 1 unspecified atom stereocenters. The highest BCUT2D eigenvalue weighted by molar-refractivity contribution is 9.09. The molecule has 0 saturated carbocycles. The van der Waals surface area contributed by atoms with Crippen LogP contribution in [0.4, 0.5) is 23.2 Å². The number of carbonyl (C=O) groups excluding carboxylic acids is 1. The van der Waals surface area contributed by atoms with Crippen molar-refractivity contribution in [1.82, 2.24) is 9.97 Å². The van der Waals surface area contributed by atoms with Crippen molar-refractivity contribution in [3.8, 4) is 0 Å². The summed E-state index contributed by atoms with van der Waals surface area (Å²) in [4.78, 5) is 17.8. The monoisotopic (exact) mass is 585 g/mol. The van der Waals surface area contributed by atoms with Gasteiger partial charge in [-0.1, -0.05) is 39.7 Å². The zero-order chi connectivity index (χ0) is 24.6. The first-order chi connectivity index (χ1) is 15.3. The minimum absolute atomic E-state index is 0.108. The Hall–Kier alpha value is -2.28. The van der Waals surface area contributed by atoms with Crippen LogP contribution in [0.3, 0.4) is 0 Å².